The van der Waals surface area contributed by atoms with E-state index < -0.39 is 11.2 Å². The van der Waals surface area contributed by atoms with E-state index in [1.165, 1.54) is 9.13 Å². The van der Waals surface area contributed by atoms with E-state index in [1.807, 2.05) is 84.9 Å². The third-order valence-electron chi connectivity index (χ3n) is 6.05. The number of rotatable bonds is 8. The van der Waals surface area contributed by atoms with E-state index in [0.29, 0.717) is 23.7 Å². The van der Waals surface area contributed by atoms with E-state index >= 15 is 0 Å². The predicted octanol–water partition coefficient (Wildman–Crippen LogP) is 3.51. The van der Waals surface area contributed by atoms with E-state index in [1.54, 1.807) is 24.9 Å². The molecule has 0 radical (unpaired) electrons. The second-order valence-corrected chi connectivity index (χ2v) is 8.60. The van der Waals surface area contributed by atoms with E-state index in [9.17, 15) is 9.59 Å². The fraction of sp³-hybridized carbons (Fsp3) is 0.143. The van der Waals surface area contributed by atoms with Crippen LogP contribution in [-0.4, -0.2) is 24.9 Å². The molecule has 0 aliphatic rings. The number of anilines is 1. The number of hydrogen-bond donors (Lipinski definition) is 1. The highest BCUT2D eigenvalue weighted by Crippen LogP contribution is 2.15. The van der Waals surface area contributed by atoms with E-state index in [2.05, 4.69) is 15.5 Å². The molecule has 9 heteroatoms. The fourth-order valence-corrected chi connectivity index (χ4v) is 4.00. The van der Waals surface area contributed by atoms with Crippen molar-refractivity contribution in [1.29, 1.82) is 0 Å². The molecule has 2 aromatic heterocycles. The first-order valence-corrected chi connectivity index (χ1v) is 11.8. The Labute approximate surface area is 212 Å². The van der Waals surface area contributed by atoms with Crippen LogP contribution in [0.1, 0.15) is 16.7 Å². The topological polar surface area (TPSA) is 95.4 Å². The van der Waals surface area contributed by atoms with Crippen molar-refractivity contribution in [1.82, 2.24) is 18.7 Å². The summed E-state index contributed by atoms with van der Waals surface area (Å²) in [5.41, 5.74) is 5.48. The number of nitrogens with zero attached hydrogens (tertiary/aromatic N) is 5. The quantitative estimate of drug-likeness (QED) is 0.263. The molecule has 3 aromatic carbocycles. The minimum atomic E-state index is -0.427. The summed E-state index contributed by atoms with van der Waals surface area (Å²) in [7, 11) is 3.32. The van der Waals surface area contributed by atoms with Crippen molar-refractivity contribution in [2.75, 3.05) is 5.43 Å². The van der Waals surface area contributed by atoms with Gasteiger partial charge >= 0.3 is 5.69 Å². The lowest BCUT2D eigenvalue weighted by Crippen LogP contribution is -2.39. The lowest BCUT2D eigenvalue weighted by Gasteiger charge is -2.08. The average Bonchev–Trinajstić information content (AvgIpc) is 3.26. The molecule has 0 aliphatic carbocycles. The first-order valence-electron chi connectivity index (χ1n) is 11.8. The smallest absolute Gasteiger partial charge is 0.332 e. The van der Waals surface area contributed by atoms with E-state index in [4.69, 9.17) is 4.74 Å². The molecule has 0 saturated carbocycles. The van der Waals surface area contributed by atoms with Gasteiger partial charge in [-0.3, -0.25) is 13.9 Å². The molecule has 0 bridgehead atoms. The first-order chi connectivity index (χ1) is 18.0. The number of nitrogens with one attached hydrogen (secondary N) is 1. The summed E-state index contributed by atoms with van der Waals surface area (Å²) in [5.74, 6) is 1.11. The maximum absolute atomic E-state index is 13.2. The molecule has 9 nitrogen and oxygen atoms in total. The highest BCUT2D eigenvalue weighted by molar-refractivity contribution is 5.80. The molecule has 0 aliphatic heterocycles. The van der Waals surface area contributed by atoms with Crippen LogP contribution >= 0.6 is 0 Å². The van der Waals surface area contributed by atoms with Gasteiger partial charge in [0.05, 0.1) is 12.8 Å². The number of aromatic nitrogens is 4. The molecule has 37 heavy (non-hydrogen) atoms. The third-order valence-corrected chi connectivity index (χ3v) is 6.05. The summed E-state index contributed by atoms with van der Waals surface area (Å²) in [6, 6.07) is 26.9. The van der Waals surface area contributed by atoms with E-state index in [0.717, 1.165) is 22.4 Å². The molecule has 186 valence electrons. The van der Waals surface area contributed by atoms with Crippen LogP contribution in [0, 0.1) is 0 Å². The summed E-state index contributed by atoms with van der Waals surface area (Å²) in [6.45, 7) is 0.678. The van der Waals surface area contributed by atoms with Gasteiger partial charge in [0.25, 0.3) is 5.56 Å². The zero-order valence-corrected chi connectivity index (χ0v) is 20.5. The number of imidazole rings is 1. The van der Waals surface area contributed by atoms with Gasteiger partial charge in [0.15, 0.2) is 11.2 Å². The van der Waals surface area contributed by atoms with Crippen LogP contribution in [0.15, 0.2) is 99.6 Å². The summed E-state index contributed by atoms with van der Waals surface area (Å²) in [4.78, 5) is 30.6. The number of hydrazone groups is 1. The summed E-state index contributed by atoms with van der Waals surface area (Å²) in [5, 5.41) is 4.27. The molecule has 5 aromatic rings. The Bertz CT molecular complexity index is 1670. The standard InChI is InChI=1S/C28H26N6O3/c1-32-24-25(33(2)28(36)34(26(24)35)18-21-9-5-3-6-10-21)30-27(32)31-29-17-20-13-15-23(16-14-20)37-19-22-11-7-4-8-12-22/h3-17H,18-19H2,1-2H3,(H,30,31)/b29-17-. The van der Waals surface area contributed by atoms with Crippen molar-refractivity contribution in [2.45, 2.75) is 13.2 Å². The average molecular weight is 495 g/mol. The molecule has 0 fully saturated rings. The van der Waals surface area contributed by atoms with Crippen molar-refractivity contribution in [3.8, 4) is 5.75 Å². The first kappa shape index (κ1) is 23.8. The van der Waals surface area contributed by atoms with Gasteiger partial charge in [-0.2, -0.15) is 10.1 Å². The van der Waals surface area contributed by atoms with Gasteiger partial charge in [-0.25, -0.2) is 10.2 Å². The van der Waals surface area contributed by atoms with Crippen LogP contribution in [0.3, 0.4) is 0 Å². The number of hydrogen-bond acceptors (Lipinski definition) is 6. The molecule has 0 saturated heterocycles. The number of benzene rings is 3. The van der Waals surface area contributed by atoms with Gasteiger partial charge in [-0.05, 0) is 41.0 Å². The molecule has 0 spiro atoms. The van der Waals surface area contributed by atoms with E-state index in [-0.39, 0.29) is 6.54 Å². The number of fused-ring (bicyclic) bond motifs is 1. The maximum Gasteiger partial charge on any atom is 0.332 e. The zero-order chi connectivity index (χ0) is 25.8. The van der Waals surface area contributed by atoms with Crippen LogP contribution in [0.2, 0.25) is 0 Å². The molecule has 2 heterocycles. The van der Waals surface area contributed by atoms with Gasteiger partial charge in [-0.15, -0.1) is 0 Å². The summed E-state index contributed by atoms with van der Waals surface area (Å²) < 4.78 is 10.0. The van der Waals surface area contributed by atoms with Gasteiger partial charge in [0.1, 0.15) is 12.4 Å². The number of ether oxygens (including phenoxy) is 1. The van der Waals surface area contributed by atoms with Gasteiger partial charge in [0, 0.05) is 14.1 Å². The van der Waals surface area contributed by atoms with Crippen LogP contribution in [0.5, 0.6) is 5.75 Å². The second-order valence-electron chi connectivity index (χ2n) is 8.60. The largest absolute Gasteiger partial charge is 0.489 e. The molecular weight excluding hydrogens is 468 g/mol. The fourth-order valence-electron chi connectivity index (χ4n) is 4.00. The molecule has 0 amide bonds. The third kappa shape index (κ3) is 5.06. The van der Waals surface area contributed by atoms with Gasteiger partial charge in [0.2, 0.25) is 5.95 Å². The molecule has 0 atom stereocenters. The Balaban J connectivity index is 1.32. The van der Waals surface area contributed by atoms with Crippen molar-refractivity contribution >= 4 is 23.3 Å². The van der Waals surface area contributed by atoms with Crippen LogP contribution in [-0.2, 0) is 27.2 Å². The van der Waals surface area contributed by atoms with Crippen molar-refractivity contribution in [3.63, 3.8) is 0 Å². The maximum atomic E-state index is 13.2. The van der Waals surface area contributed by atoms with Gasteiger partial charge in [-0.1, -0.05) is 60.7 Å². The minimum Gasteiger partial charge on any atom is -0.489 e. The number of aryl methyl sites for hydroxylation is 2. The summed E-state index contributed by atoms with van der Waals surface area (Å²) >= 11 is 0. The van der Waals surface area contributed by atoms with Crippen LogP contribution < -0.4 is 21.4 Å². The normalized spacial score (nSPS) is 11.3. The second kappa shape index (κ2) is 10.4. The SMILES string of the molecule is Cn1c(N/N=C\c2ccc(OCc3ccccc3)cc2)nc2c1c(=O)n(Cc1ccccc1)c(=O)n2C. The van der Waals surface area contributed by atoms with Crippen LogP contribution in [0.4, 0.5) is 5.95 Å². The Morgan fingerprint density at radius 3 is 2.19 bits per heavy atom. The Kier molecular flexibility index (Phi) is 6.67. The lowest BCUT2D eigenvalue weighted by atomic mass is 10.2. The molecule has 1 N–H and O–H groups in total. The zero-order valence-electron chi connectivity index (χ0n) is 20.5. The molecule has 5 rings (SSSR count). The van der Waals surface area contributed by atoms with Crippen molar-refractivity contribution in [2.24, 2.45) is 19.2 Å². The summed E-state index contributed by atoms with van der Waals surface area (Å²) in [6.07, 6.45) is 1.65. The molecular formula is C28H26N6O3. The Hall–Kier alpha value is -4.92. The Morgan fingerprint density at radius 1 is 0.865 bits per heavy atom. The van der Waals surface area contributed by atoms with Gasteiger partial charge < -0.3 is 9.30 Å². The lowest BCUT2D eigenvalue weighted by molar-refractivity contribution is 0.306. The predicted molar refractivity (Wildman–Crippen MR) is 144 cm³/mol. The van der Waals surface area contributed by atoms with Crippen LogP contribution in [0.25, 0.3) is 11.2 Å². The monoisotopic (exact) mass is 494 g/mol. The minimum absolute atomic E-state index is 0.180. The highest BCUT2D eigenvalue weighted by atomic mass is 16.5. The Morgan fingerprint density at radius 2 is 1.51 bits per heavy atom. The molecule has 0 unspecified atom stereocenters. The van der Waals surface area contributed by atoms with Crippen molar-refractivity contribution < 1.29 is 4.74 Å². The highest BCUT2D eigenvalue weighted by Gasteiger charge is 2.18. The van der Waals surface area contributed by atoms with Crippen molar-refractivity contribution in [3.05, 3.63) is 122 Å².